The van der Waals surface area contributed by atoms with E-state index in [2.05, 4.69) is 24.4 Å². The summed E-state index contributed by atoms with van der Waals surface area (Å²) in [6.07, 6.45) is 2.01. The van der Waals surface area contributed by atoms with Crippen molar-refractivity contribution < 1.29 is 0 Å². The van der Waals surface area contributed by atoms with Crippen LogP contribution in [-0.2, 0) is 7.05 Å². The molecule has 0 radical (unpaired) electrons. The van der Waals surface area contributed by atoms with Crippen molar-refractivity contribution in [3.05, 3.63) is 41.5 Å². The van der Waals surface area contributed by atoms with Crippen molar-refractivity contribution in [2.45, 2.75) is 6.92 Å². The zero-order chi connectivity index (χ0) is 13.9. The van der Waals surface area contributed by atoms with Crippen LogP contribution in [0.4, 0.5) is 5.82 Å². The predicted octanol–water partition coefficient (Wildman–Crippen LogP) is 3.45. The van der Waals surface area contributed by atoms with Gasteiger partial charge in [0, 0.05) is 29.0 Å². The van der Waals surface area contributed by atoms with E-state index in [0.717, 1.165) is 28.1 Å². The SMILES string of the molecule is Cc1cc2sccc2c2nc(-c3cccn3C)c(N)n12. The molecule has 5 heteroatoms. The van der Waals surface area contributed by atoms with Crippen LogP contribution in [0.3, 0.4) is 0 Å². The second-order valence-corrected chi connectivity index (χ2v) is 5.94. The molecule has 2 N–H and O–H groups in total. The molecular formula is C15H14N4S. The van der Waals surface area contributed by atoms with Gasteiger partial charge in [-0.15, -0.1) is 11.3 Å². The molecule has 0 atom stereocenters. The molecule has 4 aromatic rings. The van der Waals surface area contributed by atoms with Crippen molar-refractivity contribution >= 4 is 32.9 Å². The van der Waals surface area contributed by atoms with Gasteiger partial charge < -0.3 is 10.3 Å². The topological polar surface area (TPSA) is 48.2 Å². The number of pyridine rings is 1. The first-order valence-electron chi connectivity index (χ1n) is 6.43. The number of rotatable bonds is 1. The maximum atomic E-state index is 6.35. The van der Waals surface area contributed by atoms with Gasteiger partial charge >= 0.3 is 0 Å². The van der Waals surface area contributed by atoms with E-state index in [1.807, 2.05) is 34.3 Å². The first kappa shape index (κ1) is 11.5. The van der Waals surface area contributed by atoms with Crippen molar-refractivity contribution in [2.75, 3.05) is 5.73 Å². The summed E-state index contributed by atoms with van der Waals surface area (Å²) in [4.78, 5) is 4.80. The number of hydrogen-bond donors (Lipinski definition) is 1. The largest absolute Gasteiger partial charge is 0.383 e. The first-order valence-corrected chi connectivity index (χ1v) is 7.31. The Kier molecular flexibility index (Phi) is 2.23. The Bertz CT molecular complexity index is 942. The first-order chi connectivity index (χ1) is 9.66. The monoisotopic (exact) mass is 282 g/mol. The van der Waals surface area contributed by atoms with Crippen LogP contribution < -0.4 is 5.73 Å². The third-order valence-corrected chi connectivity index (χ3v) is 4.59. The highest BCUT2D eigenvalue weighted by molar-refractivity contribution is 7.17. The molecular weight excluding hydrogens is 268 g/mol. The number of imidazole rings is 1. The molecule has 0 aromatic carbocycles. The Morgan fingerprint density at radius 2 is 2.15 bits per heavy atom. The zero-order valence-corrected chi connectivity index (χ0v) is 12.1. The second kappa shape index (κ2) is 3.86. The van der Waals surface area contributed by atoms with E-state index >= 15 is 0 Å². The molecule has 0 amide bonds. The standard InChI is InChI=1S/C15H14N4S/c1-9-8-12-10(5-7-20-12)15-17-13(14(16)19(9)15)11-4-3-6-18(11)2/h3-8H,16H2,1-2H3. The highest BCUT2D eigenvalue weighted by Crippen LogP contribution is 2.33. The molecule has 0 saturated heterocycles. The zero-order valence-electron chi connectivity index (χ0n) is 11.3. The van der Waals surface area contributed by atoms with Gasteiger partial charge in [0.1, 0.15) is 17.2 Å². The van der Waals surface area contributed by atoms with Gasteiger partial charge in [-0.05, 0) is 36.6 Å². The molecule has 0 bridgehead atoms. The summed E-state index contributed by atoms with van der Waals surface area (Å²) >= 11 is 1.73. The Balaban J connectivity index is 2.17. The molecule has 0 unspecified atom stereocenters. The maximum absolute atomic E-state index is 6.35. The van der Waals surface area contributed by atoms with E-state index in [1.165, 1.54) is 4.70 Å². The number of thiophene rings is 1. The van der Waals surface area contributed by atoms with Crippen molar-refractivity contribution in [3.8, 4) is 11.4 Å². The Morgan fingerprint density at radius 3 is 2.90 bits per heavy atom. The van der Waals surface area contributed by atoms with Crippen LogP contribution in [0.15, 0.2) is 35.8 Å². The number of nitrogen functional groups attached to an aromatic ring is 1. The number of anilines is 1. The van der Waals surface area contributed by atoms with Crippen LogP contribution in [0.25, 0.3) is 27.1 Å². The molecule has 0 aliphatic rings. The number of hydrogen-bond acceptors (Lipinski definition) is 3. The fourth-order valence-corrected chi connectivity index (χ4v) is 3.61. The number of nitrogens with two attached hydrogens (primary N) is 1. The van der Waals surface area contributed by atoms with Gasteiger partial charge in [-0.25, -0.2) is 4.98 Å². The average Bonchev–Trinajstić information content (AvgIpc) is 3.08. The molecule has 4 aromatic heterocycles. The van der Waals surface area contributed by atoms with E-state index in [0.29, 0.717) is 5.82 Å². The van der Waals surface area contributed by atoms with Crippen LogP contribution in [0.2, 0.25) is 0 Å². The highest BCUT2D eigenvalue weighted by atomic mass is 32.1. The van der Waals surface area contributed by atoms with Gasteiger partial charge in [-0.1, -0.05) is 0 Å². The summed E-state index contributed by atoms with van der Waals surface area (Å²) in [5.74, 6) is 0.701. The fraction of sp³-hybridized carbons (Fsp3) is 0.133. The Hall–Kier alpha value is -2.27. The van der Waals surface area contributed by atoms with Gasteiger partial charge in [0.15, 0.2) is 0 Å². The third-order valence-electron chi connectivity index (χ3n) is 3.73. The average molecular weight is 282 g/mol. The number of fused-ring (bicyclic) bond motifs is 3. The lowest BCUT2D eigenvalue weighted by atomic mass is 10.3. The highest BCUT2D eigenvalue weighted by Gasteiger charge is 2.17. The molecule has 4 heterocycles. The predicted molar refractivity (Wildman–Crippen MR) is 84.1 cm³/mol. The maximum Gasteiger partial charge on any atom is 0.148 e. The van der Waals surface area contributed by atoms with Gasteiger partial charge in [0.2, 0.25) is 0 Å². The molecule has 0 fully saturated rings. The van der Waals surface area contributed by atoms with E-state index in [-0.39, 0.29) is 0 Å². The third kappa shape index (κ3) is 1.38. The van der Waals surface area contributed by atoms with Crippen LogP contribution in [0, 0.1) is 6.92 Å². The minimum absolute atomic E-state index is 0.701. The molecule has 4 rings (SSSR count). The van der Waals surface area contributed by atoms with Gasteiger partial charge in [0.05, 0.1) is 5.69 Å². The fourth-order valence-electron chi connectivity index (χ4n) is 2.74. The summed E-state index contributed by atoms with van der Waals surface area (Å²) in [5, 5.41) is 3.25. The lowest BCUT2D eigenvalue weighted by Crippen LogP contribution is -1.99. The molecule has 4 nitrogen and oxygen atoms in total. The molecule has 100 valence electrons. The van der Waals surface area contributed by atoms with Crippen LogP contribution in [-0.4, -0.2) is 14.0 Å². The normalized spacial score (nSPS) is 11.7. The smallest absolute Gasteiger partial charge is 0.148 e. The molecule has 0 aliphatic heterocycles. The van der Waals surface area contributed by atoms with Crippen molar-refractivity contribution in [2.24, 2.45) is 7.05 Å². The summed E-state index contributed by atoms with van der Waals surface area (Å²) in [7, 11) is 2.01. The van der Waals surface area contributed by atoms with Crippen molar-refractivity contribution in [1.82, 2.24) is 14.0 Å². The summed E-state index contributed by atoms with van der Waals surface area (Å²) < 4.78 is 5.33. The molecule has 0 aliphatic carbocycles. The lowest BCUT2D eigenvalue weighted by molar-refractivity contribution is 0.933. The van der Waals surface area contributed by atoms with Gasteiger partial charge in [0.25, 0.3) is 0 Å². The van der Waals surface area contributed by atoms with E-state index < -0.39 is 0 Å². The van der Waals surface area contributed by atoms with E-state index in [4.69, 9.17) is 10.7 Å². The van der Waals surface area contributed by atoms with Crippen LogP contribution in [0.5, 0.6) is 0 Å². The molecule has 20 heavy (non-hydrogen) atoms. The quantitative estimate of drug-likeness (QED) is 0.581. The summed E-state index contributed by atoms with van der Waals surface area (Å²) in [5.41, 5.74) is 10.3. The van der Waals surface area contributed by atoms with Crippen LogP contribution >= 0.6 is 11.3 Å². The van der Waals surface area contributed by atoms with Crippen molar-refractivity contribution in [3.63, 3.8) is 0 Å². The Morgan fingerprint density at radius 1 is 1.30 bits per heavy atom. The lowest BCUT2D eigenvalue weighted by Gasteiger charge is -2.04. The minimum Gasteiger partial charge on any atom is -0.383 e. The Labute approximate surface area is 120 Å². The minimum atomic E-state index is 0.701. The van der Waals surface area contributed by atoms with Gasteiger partial charge in [-0.2, -0.15) is 0 Å². The molecule has 0 spiro atoms. The number of nitrogens with zero attached hydrogens (tertiary/aromatic N) is 3. The summed E-state index contributed by atoms with van der Waals surface area (Å²) in [6, 6.07) is 8.32. The summed E-state index contributed by atoms with van der Waals surface area (Å²) in [6.45, 7) is 2.07. The second-order valence-electron chi connectivity index (χ2n) is 4.99. The number of aryl methyl sites for hydroxylation is 2. The van der Waals surface area contributed by atoms with E-state index in [1.54, 1.807) is 11.3 Å². The van der Waals surface area contributed by atoms with Crippen LogP contribution in [0.1, 0.15) is 5.69 Å². The van der Waals surface area contributed by atoms with Crippen molar-refractivity contribution in [1.29, 1.82) is 0 Å². The molecule has 0 saturated carbocycles. The van der Waals surface area contributed by atoms with E-state index in [9.17, 15) is 0 Å². The number of aromatic nitrogens is 3. The van der Waals surface area contributed by atoms with Gasteiger partial charge in [-0.3, -0.25) is 4.40 Å².